The van der Waals surface area contributed by atoms with Crippen LogP contribution in [0.5, 0.6) is 0 Å². The third-order valence-corrected chi connectivity index (χ3v) is 3.72. The van der Waals surface area contributed by atoms with Crippen LogP contribution in [0.3, 0.4) is 0 Å². The van der Waals surface area contributed by atoms with E-state index in [4.69, 9.17) is 5.73 Å². The molecule has 1 aliphatic carbocycles. The van der Waals surface area contributed by atoms with Crippen LogP contribution >= 0.6 is 0 Å². The summed E-state index contributed by atoms with van der Waals surface area (Å²) in [5.41, 5.74) is 5.65. The van der Waals surface area contributed by atoms with E-state index in [1.165, 1.54) is 12.4 Å². The number of rotatable bonds is 1. The number of pyridine rings is 1. The lowest BCUT2D eigenvalue weighted by Crippen LogP contribution is -2.35. The van der Waals surface area contributed by atoms with Crippen LogP contribution in [0.15, 0.2) is 18.5 Å². The minimum Gasteiger partial charge on any atom is -0.327 e. The lowest BCUT2D eigenvalue weighted by atomic mass is 9.75. The Balaban J connectivity index is 2.38. The second-order valence-corrected chi connectivity index (χ2v) is 5.15. The Morgan fingerprint density at radius 2 is 2.06 bits per heavy atom. The van der Waals surface area contributed by atoms with Crippen molar-refractivity contribution in [1.82, 2.24) is 4.98 Å². The fraction of sp³-hybridized carbons (Fsp3) is 0.615. The maximum Gasteiger partial charge on any atom is 0.416 e. The average molecular weight is 258 g/mol. The highest BCUT2D eigenvalue weighted by Gasteiger charge is 2.38. The second-order valence-electron chi connectivity index (χ2n) is 5.15. The van der Waals surface area contributed by atoms with Crippen molar-refractivity contribution in [3.63, 3.8) is 0 Å². The SMILES string of the molecule is CC1CCC(N)C(c2cnccc2C(F)(F)F)C1. The summed E-state index contributed by atoms with van der Waals surface area (Å²) in [5.74, 6) is 0.176. The molecule has 1 aliphatic rings. The van der Waals surface area contributed by atoms with Gasteiger partial charge in [0.25, 0.3) is 0 Å². The molecule has 0 bridgehead atoms. The number of hydrogen-bond acceptors (Lipinski definition) is 2. The van der Waals surface area contributed by atoms with E-state index in [1.54, 1.807) is 0 Å². The van der Waals surface area contributed by atoms with E-state index in [2.05, 4.69) is 11.9 Å². The monoisotopic (exact) mass is 258 g/mol. The smallest absolute Gasteiger partial charge is 0.327 e. The van der Waals surface area contributed by atoms with Gasteiger partial charge in [0.2, 0.25) is 0 Å². The van der Waals surface area contributed by atoms with Gasteiger partial charge in [-0.05, 0) is 36.8 Å². The summed E-state index contributed by atoms with van der Waals surface area (Å²) in [6.07, 6.45) is 0.640. The Labute approximate surface area is 104 Å². The highest BCUT2D eigenvalue weighted by Crippen LogP contribution is 2.41. The molecule has 100 valence electrons. The van der Waals surface area contributed by atoms with Crippen LogP contribution in [0.2, 0.25) is 0 Å². The summed E-state index contributed by atoms with van der Waals surface area (Å²) in [7, 11) is 0. The highest BCUT2D eigenvalue weighted by molar-refractivity contribution is 5.31. The molecule has 5 heteroatoms. The van der Waals surface area contributed by atoms with Crippen molar-refractivity contribution in [3.05, 3.63) is 29.6 Å². The summed E-state index contributed by atoms with van der Waals surface area (Å²) in [5, 5.41) is 0. The van der Waals surface area contributed by atoms with E-state index in [1.807, 2.05) is 0 Å². The van der Waals surface area contributed by atoms with Crippen LogP contribution in [0, 0.1) is 5.92 Å². The predicted octanol–water partition coefficient (Wildman–Crippen LogP) is 3.33. The van der Waals surface area contributed by atoms with Gasteiger partial charge in [0.1, 0.15) is 0 Å². The first-order valence-corrected chi connectivity index (χ1v) is 6.16. The summed E-state index contributed by atoms with van der Waals surface area (Å²) in [6.45, 7) is 2.06. The molecule has 2 nitrogen and oxygen atoms in total. The zero-order valence-electron chi connectivity index (χ0n) is 10.2. The van der Waals surface area contributed by atoms with E-state index in [9.17, 15) is 13.2 Å². The van der Waals surface area contributed by atoms with Crippen molar-refractivity contribution in [3.8, 4) is 0 Å². The van der Waals surface area contributed by atoms with Gasteiger partial charge in [-0.2, -0.15) is 13.2 Å². The quantitative estimate of drug-likeness (QED) is 0.839. The highest BCUT2D eigenvalue weighted by atomic mass is 19.4. The molecule has 0 spiro atoms. The van der Waals surface area contributed by atoms with Gasteiger partial charge in [0.15, 0.2) is 0 Å². The average Bonchev–Trinajstić information content (AvgIpc) is 2.31. The Bertz CT molecular complexity index is 417. The van der Waals surface area contributed by atoms with Crippen LogP contribution in [0.25, 0.3) is 0 Å². The predicted molar refractivity (Wildman–Crippen MR) is 63.0 cm³/mol. The van der Waals surface area contributed by atoms with Gasteiger partial charge in [-0.3, -0.25) is 4.98 Å². The van der Waals surface area contributed by atoms with Gasteiger partial charge < -0.3 is 5.73 Å². The van der Waals surface area contributed by atoms with Gasteiger partial charge in [0, 0.05) is 24.4 Å². The zero-order chi connectivity index (χ0) is 13.3. The molecule has 2 N–H and O–H groups in total. The van der Waals surface area contributed by atoms with E-state index < -0.39 is 11.7 Å². The molecular formula is C13H17F3N2. The second kappa shape index (κ2) is 4.88. The molecule has 1 fully saturated rings. The number of halogens is 3. The van der Waals surface area contributed by atoms with Crippen molar-refractivity contribution in [1.29, 1.82) is 0 Å². The summed E-state index contributed by atoms with van der Waals surface area (Å²) < 4.78 is 38.9. The molecule has 18 heavy (non-hydrogen) atoms. The lowest BCUT2D eigenvalue weighted by Gasteiger charge is -2.33. The molecule has 1 aromatic rings. The minimum absolute atomic E-state index is 0.202. The van der Waals surface area contributed by atoms with Crippen molar-refractivity contribution < 1.29 is 13.2 Å². The maximum atomic E-state index is 13.0. The van der Waals surface area contributed by atoms with Crippen LogP contribution in [0.4, 0.5) is 13.2 Å². The molecule has 1 saturated carbocycles. The molecule has 3 atom stereocenters. The van der Waals surface area contributed by atoms with E-state index in [0.717, 1.165) is 18.9 Å². The number of hydrogen-bond donors (Lipinski definition) is 1. The zero-order valence-corrected chi connectivity index (χ0v) is 10.2. The molecule has 0 aliphatic heterocycles. The van der Waals surface area contributed by atoms with Gasteiger partial charge in [-0.1, -0.05) is 6.92 Å². The number of aromatic nitrogens is 1. The fourth-order valence-electron chi connectivity index (χ4n) is 2.72. The molecular weight excluding hydrogens is 241 g/mol. The molecule has 0 amide bonds. The third kappa shape index (κ3) is 2.66. The first kappa shape index (κ1) is 13.3. The molecule has 1 aromatic heterocycles. The van der Waals surface area contributed by atoms with Gasteiger partial charge in [0.05, 0.1) is 5.56 Å². The van der Waals surface area contributed by atoms with Crippen molar-refractivity contribution >= 4 is 0 Å². The van der Waals surface area contributed by atoms with Crippen molar-refractivity contribution in [2.24, 2.45) is 11.7 Å². The molecule has 1 heterocycles. The van der Waals surface area contributed by atoms with E-state index in [-0.39, 0.29) is 17.5 Å². The van der Waals surface area contributed by atoms with E-state index >= 15 is 0 Å². The number of nitrogens with zero attached hydrogens (tertiary/aromatic N) is 1. The Morgan fingerprint density at radius 3 is 2.72 bits per heavy atom. The minimum atomic E-state index is -4.33. The first-order chi connectivity index (χ1) is 8.39. The van der Waals surface area contributed by atoms with Crippen LogP contribution < -0.4 is 5.73 Å². The molecule has 0 aromatic carbocycles. The molecule has 0 radical (unpaired) electrons. The molecule has 2 rings (SSSR count). The summed E-state index contributed by atoms with van der Waals surface area (Å²) in [6, 6.07) is 0.841. The normalized spacial score (nSPS) is 29.3. The first-order valence-electron chi connectivity index (χ1n) is 6.16. The molecule has 0 saturated heterocycles. The van der Waals surface area contributed by atoms with E-state index in [0.29, 0.717) is 12.3 Å². The van der Waals surface area contributed by atoms with Crippen molar-refractivity contribution in [2.45, 2.75) is 44.3 Å². The number of nitrogens with two attached hydrogens (primary N) is 1. The topological polar surface area (TPSA) is 38.9 Å². The van der Waals surface area contributed by atoms with Gasteiger partial charge in [-0.15, -0.1) is 0 Å². The lowest BCUT2D eigenvalue weighted by molar-refractivity contribution is -0.138. The summed E-state index contributed by atoms with van der Waals surface area (Å²) >= 11 is 0. The van der Waals surface area contributed by atoms with Crippen molar-refractivity contribution in [2.75, 3.05) is 0 Å². The maximum absolute atomic E-state index is 13.0. The van der Waals surface area contributed by atoms with Gasteiger partial charge >= 0.3 is 6.18 Å². The Morgan fingerprint density at radius 1 is 1.33 bits per heavy atom. The fourth-order valence-corrected chi connectivity index (χ4v) is 2.72. The van der Waals surface area contributed by atoms with Crippen LogP contribution in [-0.2, 0) is 6.18 Å². The van der Waals surface area contributed by atoms with Crippen LogP contribution in [-0.4, -0.2) is 11.0 Å². The van der Waals surface area contributed by atoms with Crippen LogP contribution in [0.1, 0.15) is 43.2 Å². The Hall–Kier alpha value is -1.10. The molecule has 3 unspecified atom stereocenters. The standard InChI is InChI=1S/C13H17F3N2/c1-8-2-3-12(17)9(6-8)10-7-18-5-4-11(10)13(14,15)16/h4-5,7-9,12H,2-3,6,17H2,1H3. The third-order valence-electron chi connectivity index (χ3n) is 3.72. The Kier molecular flexibility index (Phi) is 3.61. The summed E-state index contributed by atoms with van der Waals surface area (Å²) in [4.78, 5) is 3.84. The van der Waals surface area contributed by atoms with Gasteiger partial charge in [-0.25, -0.2) is 0 Å². The number of alkyl halides is 3. The largest absolute Gasteiger partial charge is 0.416 e.